The summed E-state index contributed by atoms with van der Waals surface area (Å²) in [5.74, 6) is 0.729. The number of hydrogen-bond donors (Lipinski definition) is 1. The smallest absolute Gasteiger partial charge is 0.234 e. The van der Waals surface area contributed by atoms with Crippen LogP contribution in [-0.4, -0.2) is 28.3 Å². The molecular weight excluding hydrogens is 418 g/mol. The van der Waals surface area contributed by atoms with Gasteiger partial charge >= 0.3 is 0 Å². The molecule has 0 bridgehead atoms. The van der Waals surface area contributed by atoms with Gasteiger partial charge in [-0.3, -0.25) is 4.79 Å². The molecule has 1 heterocycles. The van der Waals surface area contributed by atoms with Crippen molar-refractivity contribution in [2.45, 2.75) is 11.7 Å². The third-order valence-corrected chi connectivity index (χ3v) is 5.96. The molecule has 4 rings (SSSR count). The van der Waals surface area contributed by atoms with Crippen LogP contribution in [0.4, 0.5) is 5.69 Å². The van der Waals surface area contributed by atoms with Crippen LogP contribution >= 0.6 is 23.4 Å². The lowest BCUT2D eigenvalue weighted by atomic mass is 10.2. The van der Waals surface area contributed by atoms with Crippen molar-refractivity contribution >= 4 is 46.0 Å². The van der Waals surface area contributed by atoms with Crippen molar-refractivity contribution < 1.29 is 9.53 Å². The Morgan fingerprint density at radius 2 is 1.80 bits per heavy atom. The number of nitrogens with zero attached hydrogens (tertiary/aromatic N) is 2. The first-order valence-electron chi connectivity index (χ1n) is 9.40. The summed E-state index contributed by atoms with van der Waals surface area (Å²) in [5.41, 5.74) is 3.54. The number of ether oxygens (including phenoxy) is 1. The van der Waals surface area contributed by atoms with Gasteiger partial charge in [0.05, 0.1) is 36.1 Å². The van der Waals surface area contributed by atoms with E-state index in [4.69, 9.17) is 21.3 Å². The first kappa shape index (κ1) is 20.3. The van der Waals surface area contributed by atoms with Crippen molar-refractivity contribution in [1.82, 2.24) is 9.55 Å². The van der Waals surface area contributed by atoms with Gasteiger partial charge in [0.2, 0.25) is 5.91 Å². The Kier molecular flexibility index (Phi) is 6.26. The Morgan fingerprint density at radius 3 is 2.63 bits per heavy atom. The van der Waals surface area contributed by atoms with Crippen molar-refractivity contribution in [3.8, 4) is 5.75 Å². The molecule has 0 fully saturated rings. The fraction of sp³-hybridized carbons (Fsp3) is 0.130. The highest BCUT2D eigenvalue weighted by Gasteiger charge is 2.15. The van der Waals surface area contributed by atoms with Gasteiger partial charge in [-0.25, -0.2) is 4.98 Å². The first-order chi connectivity index (χ1) is 14.7. The molecule has 0 atom stereocenters. The summed E-state index contributed by atoms with van der Waals surface area (Å²) in [6.07, 6.45) is 0. The Balaban J connectivity index is 1.55. The molecule has 0 spiro atoms. The van der Waals surface area contributed by atoms with Crippen molar-refractivity contribution in [3.05, 3.63) is 83.4 Å². The summed E-state index contributed by atoms with van der Waals surface area (Å²) in [6, 6.07) is 23.0. The summed E-state index contributed by atoms with van der Waals surface area (Å²) < 4.78 is 7.39. The van der Waals surface area contributed by atoms with E-state index >= 15 is 0 Å². The van der Waals surface area contributed by atoms with E-state index in [0.717, 1.165) is 21.8 Å². The number of anilines is 1. The minimum atomic E-state index is -0.124. The number of hydrogen-bond acceptors (Lipinski definition) is 4. The maximum absolute atomic E-state index is 12.5. The number of carbonyl (C=O) groups is 1. The summed E-state index contributed by atoms with van der Waals surface area (Å²) in [7, 11) is 1.58. The lowest BCUT2D eigenvalue weighted by molar-refractivity contribution is -0.113. The van der Waals surface area contributed by atoms with Crippen LogP contribution in [0.5, 0.6) is 5.75 Å². The van der Waals surface area contributed by atoms with E-state index in [1.54, 1.807) is 7.11 Å². The fourth-order valence-electron chi connectivity index (χ4n) is 3.18. The normalized spacial score (nSPS) is 10.9. The van der Waals surface area contributed by atoms with E-state index in [1.807, 2.05) is 72.8 Å². The molecule has 0 aliphatic rings. The minimum absolute atomic E-state index is 0.124. The standard InChI is InChI=1S/C23H20ClN3O2S/c1-29-21-13-7-5-11-19(21)25-22(28)15-30-23-26-18-10-4-6-12-20(18)27(23)14-16-8-2-3-9-17(16)24/h2-13H,14-15H2,1H3,(H,25,28). The number of benzene rings is 3. The predicted molar refractivity (Wildman–Crippen MR) is 123 cm³/mol. The number of aromatic nitrogens is 2. The molecule has 5 nitrogen and oxygen atoms in total. The molecule has 152 valence electrons. The zero-order chi connectivity index (χ0) is 20.9. The number of amides is 1. The molecule has 0 radical (unpaired) electrons. The van der Waals surface area contributed by atoms with Gasteiger partial charge in [-0.2, -0.15) is 0 Å². The number of fused-ring (bicyclic) bond motifs is 1. The number of halogens is 1. The third kappa shape index (κ3) is 4.45. The number of thioether (sulfide) groups is 1. The Labute approximate surface area is 184 Å². The van der Waals surface area contributed by atoms with Crippen LogP contribution in [-0.2, 0) is 11.3 Å². The van der Waals surface area contributed by atoms with Crippen LogP contribution in [0.15, 0.2) is 78.0 Å². The molecule has 1 N–H and O–H groups in total. The molecule has 0 saturated heterocycles. The molecule has 0 aliphatic heterocycles. The number of nitrogens with one attached hydrogen (secondary N) is 1. The molecule has 7 heteroatoms. The molecule has 30 heavy (non-hydrogen) atoms. The van der Waals surface area contributed by atoms with Crippen molar-refractivity contribution in [2.75, 3.05) is 18.2 Å². The van der Waals surface area contributed by atoms with E-state index in [-0.39, 0.29) is 11.7 Å². The molecule has 4 aromatic rings. The number of rotatable bonds is 7. The van der Waals surface area contributed by atoms with E-state index in [0.29, 0.717) is 23.0 Å². The van der Waals surface area contributed by atoms with Gasteiger partial charge in [0.15, 0.2) is 5.16 Å². The van der Waals surface area contributed by atoms with Crippen LogP contribution in [0.25, 0.3) is 11.0 Å². The van der Waals surface area contributed by atoms with Crippen molar-refractivity contribution in [2.24, 2.45) is 0 Å². The van der Waals surface area contributed by atoms with Gasteiger partial charge in [-0.15, -0.1) is 0 Å². The van der Waals surface area contributed by atoms with Crippen LogP contribution < -0.4 is 10.1 Å². The van der Waals surface area contributed by atoms with Crippen molar-refractivity contribution in [3.63, 3.8) is 0 Å². The van der Waals surface area contributed by atoms with E-state index in [2.05, 4.69) is 9.88 Å². The summed E-state index contributed by atoms with van der Waals surface area (Å²) in [4.78, 5) is 17.3. The van der Waals surface area contributed by atoms with Crippen LogP contribution in [0.2, 0.25) is 5.02 Å². The zero-order valence-electron chi connectivity index (χ0n) is 16.3. The average molecular weight is 438 g/mol. The highest BCUT2D eigenvalue weighted by atomic mass is 35.5. The predicted octanol–water partition coefficient (Wildman–Crippen LogP) is 5.48. The highest BCUT2D eigenvalue weighted by molar-refractivity contribution is 7.99. The monoisotopic (exact) mass is 437 g/mol. The van der Waals surface area contributed by atoms with Gasteiger partial charge in [-0.05, 0) is 35.9 Å². The molecule has 0 saturated carbocycles. The van der Waals surface area contributed by atoms with E-state index in [1.165, 1.54) is 11.8 Å². The molecule has 1 aromatic heterocycles. The SMILES string of the molecule is COc1ccccc1NC(=O)CSc1nc2ccccc2n1Cc1ccccc1Cl. The second-order valence-corrected chi connectivity index (χ2v) is 7.95. The topological polar surface area (TPSA) is 56.1 Å². The largest absolute Gasteiger partial charge is 0.495 e. The molecular formula is C23H20ClN3O2S. The maximum atomic E-state index is 12.5. The van der Waals surface area contributed by atoms with Gasteiger partial charge < -0.3 is 14.6 Å². The van der Waals surface area contributed by atoms with Gasteiger partial charge in [-0.1, -0.05) is 65.8 Å². The van der Waals surface area contributed by atoms with Crippen LogP contribution in [0, 0.1) is 0 Å². The minimum Gasteiger partial charge on any atom is -0.495 e. The lowest BCUT2D eigenvalue weighted by Crippen LogP contribution is -2.15. The number of imidazole rings is 1. The van der Waals surface area contributed by atoms with E-state index in [9.17, 15) is 4.79 Å². The Bertz CT molecular complexity index is 1190. The van der Waals surface area contributed by atoms with Gasteiger partial charge in [0.25, 0.3) is 0 Å². The summed E-state index contributed by atoms with van der Waals surface area (Å²) in [5, 5.41) is 4.38. The molecule has 1 amide bonds. The number of para-hydroxylation sites is 4. The highest BCUT2D eigenvalue weighted by Crippen LogP contribution is 2.28. The average Bonchev–Trinajstić information content (AvgIpc) is 3.12. The number of carbonyl (C=O) groups excluding carboxylic acids is 1. The maximum Gasteiger partial charge on any atom is 0.234 e. The van der Waals surface area contributed by atoms with Crippen molar-refractivity contribution in [1.29, 1.82) is 0 Å². The number of methoxy groups -OCH3 is 1. The van der Waals surface area contributed by atoms with Gasteiger partial charge in [0.1, 0.15) is 5.75 Å². The Hall–Kier alpha value is -2.96. The fourth-order valence-corrected chi connectivity index (χ4v) is 4.19. The Morgan fingerprint density at radius 1 is 1.07 bits per heavy atom. The first-order valence-corrected chi connectivity index (χ1v) is 10.8. The second-order valence-electron chi connectivity index (χ2n) is 6.60. The third-order valence-electron chi connectivity index (χ3n) is 4.62. The zero-order valence-corrected chi connectivity index (χ0v) is 17.9. The summed E-state index contributed by atoms with van der Waals surface area (Å²) >= 11 is 7.77. The molecule has 3 aromatic carbocycles. The van der Waals surface area contributed by atoms with Crippen LogP contribution in [0.3, 0.4) is 0 Å². The second kappa shape index (κ2) is 9.24. The summed E-state index contributed by atoms with van der Waals surface area (Å²) in [6.45, 7) is 0.580. The molecule has 0 unspecified atom stereocenters. The lowest BCUT2D eigenvalue weighted by Gasteiger charge is -2.11. The quantitative estimate of drug-likeness (QED) is 0.389. The van der Waals surface area contributed by atoms with Gasteiger partial charge in [0, 0.05) is 5.02 Å². The van der Waals surface area contributed by atoms with E-state index < -0.39 is 0 Å². The molecule has 0 aliphatic carbocycles. The van der Waals surface area contributed by atoms with Crippen LogP contribution in [0.1, 0.15) is 5.56 Å².